The van der Waals surface area contributed by atoms with E-state index in [0.29, 0.717) is 11.4 Å². The van der Waals surface area contributed by atoms with E-state index in [1.165, 1.54) is 0 Å². The van der Waals surface area contributed by atoms with Crippen molar-refractivity contribution in [2.24, 2.45) is 5.84 Å². The van der Waals surface area contributed by atoms with E-state index < -0.39 is 0 Å². The minimum atomic E-state index is -0.0426. The number of ether oxygens (including phenoxy) is 1. The molecule has 0 aliphatic carbocycles. The maximum Gasteiger partial charge on any atom is 0.119 e. The van der Waals surface area contributed by atoms with Crippen LogP contribution in [0.4, 0.5) is 0 Å². The second kappa shape index (κ2) is 7.61. The highest BCUT2D eigenvalue weighted by Gasteiger charge is 2.14. The third-order valence-corrected chi connectivity index (χ3v) is 5.23. The first kappa shape index (κ1) is 16.8. The fourth-order valence-corrected chi connectivity index (χ4v) is 2.90. The predicted octanol–water partition coefficient (Wildman–Crippen LogP) is 4.62. The Hall–Kier alpha value is -0.590. The van der Waals surface area contributed by atoms with Crippen LogP contribution in [0.25, 0.3) is 0 Å². The molecular weight excluding hydrogens is 419 g/mol. The van der Waals surface area contributed by atoms with E-state index in [1.807, 2.05) is 36.4 Å². The minimum absolute atomic E-state index is 0.0426. The van der Waals surface area contributed by atoms with Gasteiger partial charge in [-0.25, -0.2) is 0 Å². The molecule has 2 rings (SSSR count). The van der Waals surface area contributed by atoms with Crippen molar-refractivity contribution in [3.8, 4) is 5.75 Å². The fourth-order valence-electron chi connectivity index (χ4n) is 2.06. The molecule has 2 aromatic carbocycles. The quantitative estimate of drug-likeness (QED) is 0.533. The number of hydrogen-bond acceptors (Lipinski definition) is 3. The summed E-state index contributed by atoms with van der Waals surface area (Å²) in [4.78, 5) is 0. The minimum Gasteiger partial charge on any atom is -0.497 e. The molecule has 2 aromatic rings. The van der Waals surface area contributed by atoms with Gasteiger partial charge in [-0.05, 0) is 63.8 Å². The lowest BCUT2D eigenvalue weighted by molar-refractivity contribution is 0.413. The van der Waals surface area contributed by atoms with Crippen LogP contribution in [0, 0.1) is 0 Å². The summed E-state index contributed by atoms with van der Waals surface area (Å²) in [6, 6.07) is 11.7. The average molecular weight is 435 g/mol. The van der Waals surface area contributed by atoms with E-state index >= 15 is 0 Å². The molecule has 0 aromatic heterocycles. The van der Waals surface area contributed by atoms with Crippen molar-refractivity contribution in [1.82, 2.24) is 5.43 Å². The molecule has 0 amide bonds. The molecular formula is C15H15Br2ClN2O. The summed E-state index contributed by atoms with van der Waals surface area (Å²) < 4.78 is 7.15. The maximum atomic E-state index is 6.15. The summed E-state index contributed by atoms with van der Waals surface area (Å²) in [5.41, 5.74) is 4.98. The normalized spacial score (nSPS) is 12.2. The van der Waals surface area contributed by atoms with Gasteiger partial charge in [0.15, 0.2) is 0 Å². The van der Waals surface area contributed by atoms with E-state index in [4.69, 9.17) is 22.2 Å². The predicted molar refractivity (Wildman–Crippen MR) is 93.6 cm³/mol. The third-order valence-electron chi connectivity index (χ3n) is 3.22. The molecule has 0 heterocycles. The highest BCUT2D eigenvalue weighted by atomic mass is 79.9. The van der Waals surface area contributed by atoms with Crippen LogP contribution in [0.1, 0.15) is 17.2 Å². The Morgan fingerprint density at radius 1 is 1.19 bits per heavy atom. The van der Waals surface area contributed by atoms with E-state index in [0.717, 1.165) is 25.8 Å². The van der Waals surface area contributed by atoms with Gasteiger partial charge in [-0.1, -0.05) is 33.6 Å². The van der Waals surface area contributed by atoms with Crippen LogP contribution in [0.15, 0.2) is 45.3 Å². The number of halogens is 3. The molecule has 0 saturated carbocycles. The molecule has 0 bridgehead atoms. The number of hydrogen-bond donors (Lipinski definition) is 2. The Morgan fingerprint density at radius 2 is 1.90 bits per heavy atom. The monoisotopic (exact) mass is 432 g/mol. The van der Waals surface area contributed by atoms with Gasteiger partial charge in [-0.15, -0.1) is 0 Å². The Bertz CT molecular complexity index is 637. The van der Waals surface area contributed by atoms with Crippen molar-refractivity contribution in [2.75, 3.05) is 7.11 Å². The van der Waals surface area contributed by atoms with Gasteiger partial charge in [-0.2, -0.15) is 0 Å². The van der Waals surface area contributed by atoms with Gasteiger partial charge < -0.3 is 4.74 Å². The van der Waals surface area contributed by atoms with Gasteiger partial charge >= 0.3 is 0 Å². The zero-order valence-corrected chi connectivity index (χ0v) is 15.3. The summed E-state index contributed by atoms with van der Waals surface area (Å²) in [6.07, 6.45) is 0.715. The molecule has 0 fully saturated rings. The Balaban J connectivity index is 2.28. The van der Waals surface area contributed by atoms with Gasteiger partial charge in [0.2, 0.25) is 0 Å². The van der Waals surface area contributed by atoms with E-state index in [2.05, 4.69) is 37.3 Å². The molecule has 0 radical (unpaired) electrons. The van der Waals surface area contributed by atoms with Gasteiger partial charge in [-0.3, -0.25) is 11.3 Å². The topological polar surface area (TPSA) is 47.3 Å². The van der Waals surface area contributed by atoms with Crippen LogP contribution in [-0.2, 0) is 6.42 Å². The zero-order valence-electron chi connectivity index (χ0n) is 11.4. The van der Waals surface area contributed by atoms with E-state index in [9.17, 15) is 0 Å². The summed E-state index contributed by atoms with van der Waals surface area (Å²) in [5, 5.41) is 0.664. The van der Waals surface area contributed by atoms with Crippen molar-refractivity contribution >= 4 is 43.5 Å². The summed E-state index contributed by atoms with van der Waals surface area (Å²) in [7, 11) is 1.65. The highest BCUT2D eigenvalue weighted by Crippen LogP contribution is 2.30. The number of hydrazine groups is 1. The molecule has 21 heavy (non-hydrogen) atoms. The van der Waals surface area contributed by atoms with Crippen molar-refractivity contribution in [1.29, 1.82) is 0 Å². The molecule has 0 saturated heterocycles. The number of nitrogens with one attached hydrogen (secondary N) is 1. The molecule has 3 N–H and O–H groups in total. The second-order valence-electron chi connectivity index (χ2n) is 4.55. The summed E-state index contributed by atoms with van der Waals surface area (Å²) >= 11 is 13.1. The largest absolute Gasteiger partial charge is 0.497 e. The molecule has 0 aliphatic rings. The van der Waals surface area contributed by atoms with Crippen molar-refractivity contribution in [2.45, 2.75) is 12.5 Å². The first-order valence-electron chi connectivity index (χ1n) is 6.28. The second-order valence-corrected chi connectivity index (χ2v) is 6.67. The first-order valence-corrected chi connectivity index (χ1v) is 8.25. The Morgan fingerprint density at radius 3 is 2.52 bits per heavy atom. The van der Waals surface area contributed by atoms with Gasteiger partial charge in [0.05, 0.1) is 18.2 Å². The highest BCUT2D eigenvalue weighted by molar-refractivity contribution is 9.10. The first-order chi connectivity index (χ1) is 10.0. The Labute approximate surface area is 146 Å². The SMILES string of the molecule is COc1ccc(Br)c(CC(NN)c2ccc(Br)c(Cl)c2)c1. The summed E-state index contributed by atoms with van der Waals surface area (Å²) in [6.45, 7) is 0. The molecule has 0 aliphatic heterocycles. The third kappa shape index (κ3) is 4.20. The van der Waals surface area contributed by atoms with E-state index in [-0.39, 0.29) is 6.04 Å². The lowest BCUT2D eigenvalue weighted by Gasteiger charge is -2.18. The average Bonchev–Trinajstić information content (AvgIpc) is 2.49. The lowest BCUT2D eigenvalue weighted by atomic mass is 9.99. The molecule has 1 atom stereocenters. The fraction of sp³-hybridized carbons (Fsp3) is 0.200. The van der Waals surface area contributed by atoms with Crippen molar-refractivity contribution < 1.29 is 4.74 Å². The summed E-state index contributed by atoms with van der Waals surface area (Å²) in [5.74, 6) is 6.53. The zero-order chi connectivity index (χ0) is 15.4. The number of rotatable bonds is 5. The van der Waals surface area contributed by atoms with Gasteiger partial charge in [0.25, 0.3) is 0 Å². The maximum absolute atomic E-state index is 6.15. The van der Waals surface area contributed by atoms with Crippen LogP contribution in [0.5, 0.6) is 5.75 Å². The van der Waals surface area contributed by atoms with Gasteiger partial charge in [0.1, 0.15) is 5.75 Å². The van der Waals surface area contributed by atoms with Crippen LogP contribution in [0.3, 0.4) is 0 Å². The molecule has 1 unspecified atom stereocenters. The van der Waals surface area contributed by atoms with Gasteiger partial charge in [0, 0.05) is 8.95 Å². The molecule has 3 nitrogen and oxygen atoms in total. The number of methoxy groups -OCH3 is 1. The Kier molecular flexibility index (Phi) is 6.08. The van der Waals surface area contributed by atoms with E-state index in [1.54, 1.807) is 7.11 Å². The number of benzene rings is 2. The van der Waals surface area contributed by atoms with Crippen LogP contribution in [-0.4, -0.2) is 7.11 Å². The molecule has 112 valence electrons. The number of nitrogens with two attached hydrogens (primary N) is 1. The van der Waals surface area contributed by atoms with Crippen LogP contribution < -0.4 is 16.0 Å². The standard InChI is InChI=1S/C15H15Br2ClN2O/c1-21-11-3-5-12(16)10(6-11)8-15(20-19)9-2-4-13(17)14(18)7-9/h2-7,15,20H,8,19H2,1H3. The van der Waals surface area contributed by atoms with Crippen LogP contribution >= 0.6 is 43.5 Å². The molecule has 6 heteroatoms. The molecule has 0 spiro atoms. The van der Waals surface area contributed by atoms with Crippen molar-refractivity contribution in [3.63, 3.8) is 0 Å². The lowest BCUT2D eigenvalue weighted by Crippen LogP contribution is -2.29. The smallest absolute Gasteiger partial charge is 0.119 e. The van der Waals surface area contributed by atoms with Crippen LogP contribution in [0.2, 0.25) is 5.02 Å². The van der Waals surface area contributed by atoms with Crippen molar-refractivity contribution in [3.05, 3.63) is 61.5 Å².